The van der Waals surface area contributed by atoms with Gasteiger partial charge in [-0.2, -0.15) is 5.10 Å². The number of amides is 1. The molecule has 4 rings (SSSR count). The number of fused-ring (bicyclic) bond motifs is 1. The van der Waals surface area contributed by atoms with E-state index < -0.39 is 0 Å². The fourth-order valence-electron chi connectivity index (χ4n) is 4.37. The third-order valence-corrected chi connectivity index (χ3v) is 5.84. The highest BCUT2D eigenvalue weighted by Gasteiger charge is 2.29. The van der Waals surface area contributed by atoms with Crippen molar-refractivity contribution in [2.75, 3.05) is 20.2 Å². The lowest BCUT2D eigenvalue weighted by atomic mass is 9.88. The van der Waals surface area contributed by atoms with Crippen molar-refractivity contribution in [2.45, 2.75) is 44.9 Å². The molecule has 1 saturated carbocycles. The summed E-state index contributed by atoms with van der Waals surface area (Å²) in [5.41, 5.74) is 4.36. The summed E-state index contributed by atoms with van der Waals surface area (Å²) in [4.78, 5) is 15.0. The van der Waals surface area contributed by atoms with Crippen molar-refractivity contribution in [1.29, 1.82) is 0 Å². The van der Waals surface area contributed by atoms with Crippen LogP contribution in [0.1, 0.15) is 43.4 Å². The number of aromatic nitrogens is 2. The fourth-order valence-corrected chi connectivity index (χ4v) is 4.37. The van der Waals surface area contributed by atoms with E-state index in [1.54, 1.807) is 7.11 Å². The molecule has 1 aromatic carbocycles. The molecule has 1 amide bonds. The van der Waals surface area contributed by atoms with Crippen LogP contribution in [0.25, 0.3) is 11.3 Å². The number of aromatic amines is 1. The van der Waals surface area contributed by atoms with E-state index >= 15 is 0 Å². The van der Waals surface area contributed by atoms with E-state index in [1.165, 1.54) is 24.8 Å². The molecular weight excluding hydrogens is 326 g/mol. The summed E-state index contributed by atoms with van der Waals surface area (Å²) in [5, 5.41) is 7.78. The van der Waals surface area contributed by atoms with Gasteiger partial charge in [-0.15, -0.1) is 0 Å². The van der Waals surface area contributed by atoms with E-state index in [0.717, 1.165) is 61.5 Å². The highest BCUT2D eigenvalue weighted by atomic mass is 16.5. The standard InChI is InChI=1S/C21H27N3O2/c1-26-19-10-6-5-9-17(19)20-16-11-13-24(14-12-18(16)22-23-20)21(25)15-7-3-2-4-8-15/h5-6,9-10,15H,2-4,7-8,11-14H2,1H3,(H,22,23). The Morgan fingerprint density at radius 1 is 1.15 bits per heavy atom. The Bertz CT molecular complexity index is 777. The number of carbonyl (C=O) groups excluding carboxylic acids is 1. The average Bonchev–Trinajstić information content (AvgIpc) is 2.99. The first-order chi connectivity index (χ1) is 12.8. The molecule has 0 unspecified atom stereocenters. The van der Waals surface area contributed by atoms with Crippen LogP contribution in [-0.2, 0) is 17.6 Å². The maximum atomic E-state index is 12.9. The molecule has 0 saturated heterocycles. The Morgan fingerprint density at radius 3 is 2.73 bits per heavy atom. The number of para-hydroxylation sites is 1. The van der Waals surface area contributed by atoms with Crippen molar-refractivity contribution in [3.8, 4) is 17.0 Å². The van der Waals surface area contributed by atoms with Crippen LogP contribution in [0.5, 0.6) is 5.75 Å². The lowest BCUT2D eigenvalue weighted by Gasteiger charge is -2.28. The van der Waals surface area contributed by atoms with Gasteiger partial charge in [0.25, 0.3) is 0 Å². The third kappa shape index (κ3) is 3.22. The maximum absolute atomic E-state index is 12.9. The Labute approximate surface area is 154 Å². The van der Waals surface area contributed by atoms with Gasteiger partial charge < -0.3 is 9.64 Å². The van der Waals surface area contributed by atoms with Crippen LogP contribution >= 0.6 is 0 Å². The number of benzene rings is 1. The predicted octanol–water partition coefficient (Wildman–Crippen LogP) is 3.59. The van der Waals surface area contributed by atoms with E-state index in [0.29, 0.717) is 5.91 Å². The molecule has 0 bridgehead atoms. The van der Waals surface area contributed by atoms with Crippen LogP contribution in [-0.4, -0.2) is 41.2 Å². The first-order valence-corrected chi connectivity index (χ1v) is 9.76. The van der Waals surface area contributed by atoms with Gasteiger partial charge in [0.1, 0.15) is 5.75 Å². The first kappa shape index (κ1) is 17.1. The highest BCUT2D eigenvalue weighted by molar-refractivity contribution is 5.79. The number of hydrogen-bond donors (Lipinski definition) is 1. The smallest absolute Gasteiger partial charge is 0.225 e. The normalized spacial score (nSPS) is 18.3. The quantitative estimate of drug-likeness (QED) is 0.917. The topological polar surface area (TPSA) is 58.2 Å². The van der Waals surface area contributed by atoms with E-state index in [2.05, 4.69) is 15.1 Å². The molecule has 138 valence electrons. The molecule has 2 heterocycles. The van der Waals surface area contributed by atoms with Gasteiger partial charge in [-0.25, -0.2) is 0 Å². The number of ether oxygens (including phenoxy) is 1. The van der Waals surface area contributed by atoms with Crippen molar-refractivity contribution in [3.05, 3.63) is 35.5 Å². The summed E-state index contributed by atoms with van der Waals surface area (Å²) < 4.78 is 5.51. The van der Waals surface area contributed by atoms with Gasteiger partial charge in [0.2, 0.25) is 5.91 Å². The number of nitrogens with zero attached hydrogens (tertiary/aromatic N) is 2. The number of hydrogen-bond acceptors (Lipinski definition) is 3. The molecule has 0 spiro atoms. The van der Waals surface area contributed by atoms with E-state index in [9.17, 15) is 4.79 Å². The SMILES string of the molecule is COc1ccccc1-c1n[nH]c2c1CCN(C(=O)C1CCCCC1)CC2. The number of rotatable bonds is 3. The molecule has 0 atom stereocenters. The average molecular weight is 353 g/mol. The molecule has 1 N–H and O–H groups in total. The molecule has 2 aromatic rings. The summed E-state index contributed by atoms with van der Waals surface area (Å²) in [7, 11) is 1.69. The predicted molar refractivity (Wildman–Crippen MR) is 101 cm³/mol. The van der Waals surface area contributed by atoms with Gasteiger partial charge in [-0.3, -0.25) is 9.89 Å². The zero-order valence-corrected chi connectivity index (χ0v) is 15.5. The van der Waals surface area contributed by atoms with Gasteiger partial charge in [0.05, 0.1) is 12.8 Å². The molecule has 2 aliphatic rings. The van der Waals surface area contributed by atoms with E-state index in [-0.39, 0.29) is 5.92 Å². The summed E-state index contributed by atoms with van der Waals surface area (Å²) in [5.74, 6) is 1.44. The van der Waals surface area contributed by atoms with Gasteiger partial charge >= 0.3 is 0 Å². The minimum atomic E-state index is 0.243. The minimum absolute atomic E-state index is 0.243. The second-order valence-electron chi connectivity index (χ2n) is 7.39. The molecule has 1 aliphatic carbocycles. The number of methoxy groups -OCH3 is 1. The van der Waals surface area contributed by atoms with Crippen molar-refractivity contribution >= 4 is 5.91 Å². The highest BCUT2D eigenvalue weighted by Crippen LogP contribution is 2.33. The number of H-pyrrole nitrogens is 1. The van der Waals surface area contributed by atoms with Crippen LogP contribution in [0.2, 0.25) is 0 Å². The molecule has 1 fully saturated rings. The molecule has 1 aromatic heterocycles. The van der Waals surface area contributed by atoms with Crippen molar-refractivity contribution in [1.82, 2.24) is 15.1 Å². The molecule has 5 heteroatoms. The van der Waals surface area contributed by atoms with Crippen LogP contribution in [0, 0.1) is 5.92 Å². The second-order valence-corrected chi connectivity index (χ2v) is 7.39. The fraction of sp³-hybridized carbons (Fsp3) is 0.524. The Morgan fingerprint density at radius 2 is 1.92 bits per heavy atom. The lowest BCUT2D eigenvalue weighted by molar-refractivity contribution is -0.136. The number of carbonyl (C=O) groups is 1. The van der Waals surface area contributed by atoms with Crippen molar-refractivity contribution in [2.24, 2.45) is 5.92 Å². The molecule has 1 aliphatic heterocycles. The minimum Gasteiger partial charge on any atom is -0.496 e. The van der Waals surface area contributed by atoms with Gasteiger partial charge in [-0.05, 0) is 31.4 Å². The summed E-state index contributed by atoms with van der Waals surface area (Å²) in [6, 6.07) is 7.99. The number of nitrogens with one attached hydrogen (secondary N) is 1. The van der Waals surface area contributed by atoms with Crippen LogP contribution < -0.4 is 4.74 Å². The molecule has 5 nitrogen and oxygen atoms in total. The van der Waals surface area contributed by atoms with Gasteiger partial charge in [0, 0.05) is 42.2 Å². The molecule has 26 heavy (non-hydrogen) atoms. The van der Waals surface area contributed by atoms with Crippen LogP contribution in [0.3, 0.4) is 0 Å². The zero-order valence-electron chi connectivity index (χ0n) is 15.5. The monoisotopic (exact) mass is 353 g/mol. The second kappa shape index (κ2) is 7.52. The Kier molecular flexibility index (Phi) is 4.96. The lowest BCUT2D eigenvalue weighted by Crippen LogP contribution is -2.38. The van der Waals surface area contributed by atoms with E-state index in [4.69, 9.17) is 4.74 Å². The maximum Gasteiger partial charge on any atom is 0.225 e. The molecule has 0 radical (unpaired) electrons. The Hall–Kier alpha value is -2.30. The van der Waals surface area contributed by atoms with Crippen LogP contribution in [0.15, 0.2) is 24.3 Å². The van der Waals surface area contributed by atoms with Crippen LogP contribution in [0.4, 0.5) is 0 Å². The van der Waals surface area contributed by atoms with Crippen molar-refractivity contribution < 1.29 is 9.53 Å². The third-order valence-electron chi connectivity index (χ3n) is 5.84. The first-order valence-electron chi connectivity index (χ1n) is 9.76. The summed E-state index contributed by atoms with van der Waals surface area (Å²) in [6.07, 6.45) is 7.50. The largest absolute Gasteiger partial charge is 0.496 e. The summed E-state index contributed by atoms with van der Waals surface area (Å²) in [6.45, 7) is 1.57. The van der Waals surface area contributed by atoms with E-state index in [1.807, 2.05) is 24.3 Å². The Balaban J connectivity index is 1.54. The van der Waals surface area contributed by atoms with Gasteiger partial charge in [0.15, 0.2) is 0 Å². The van der Waals surface area contributed by atoms with Crippen molar-refractivity contribution in [3.63, 3.8) is 0 Å². The zero-order chi connectivity index (χ0) is 17.9. The summed E-state index contributed by atoms with van der Waals surface area (Å²) >= 11 is 0. The molecular formula is C21H27N3O2. The van der Waals surface area contributed by atoms with Gasteiger partial charge in [-0.1, -0.05) is 31.4 Å².